The fourth-order valence-corrected chi connectivity index (χ4v) is 3.17. The molecule has 1 atom stereocenters. The van der Waals surface area contributed by atoms with Gasteiger partial charge in [-0.2, -0.15) is 13.2 Å². The number of halogens is 4. The summed E-state index contributed by atoms with van der Waals surface area (Å²) in [6, 6.07) is 3.60. The summed E-state index contributed by atoms with van der Waals surface area (Å²) in [5, 5.41) is 2.24. The van der Waals surface area contributed by atoms with E-state index in [-0.39, 0.29) is 28.7 Å². The number of aromatic nitrogens is 2. The predicted molar refractivity (Wildman–Crippen MR) is 97.4 cm³/mol. The first-order valence-corrected chi connectivity index (χ1v) is 9.00. The SMILES string of the molecule is O=C1Nc2cc(Cn3cnccc3=O)c(Cl)cc2[C@@](C#CC2CC2)(C(F)(F)F)O1. The Kier molecular flexibility index (Phi) is 4.54. The van der Waals surface area contributed by atoms with E-state index in [1.165, 1.54) is 29.2 Å². The van der Waals surface area contributed by atoms with Crippen LogP contribution in [0.1, 0.15) is 24.0 Å². The molecular weight excluding hydrogens is 411 g/mol. The van der Waals surface area contributed by atoms with E-state index in [0.717, 1.165) is 6.07 Å². The average molecular weight is 424 g/mol. The number of ether oxygens (including phenoxy) is 1. The molecule has 1 N–H and O–H groups in total. The standard InChI is InChI=1S/C19H13ClF3N3O3/c20-14-8-13-15(7-12(14)9-26-10-24-6-4-16(26)27)25-17(28)29-18(13,19(21,22)23)5-3-11-1-2-11/h4,6-8,10-11H,1-2,9H2,(H,25,28)/t18-/m0/s1. The number of amides is 1. The van der Waals surface area contributed by atoms with Gasteiger partial charge in [0, 0.05) is 28.8 Å². The van der Waals surface area contributed by atoms with Crippen LogP contribution in [0.25, 0.3) is 0 Å². The summed E-state index contributed by atoms with van der Waals surface area (Å²) < 4.78 is 48.1. The summed E-state index contributed by atoms with van der Waals surface area (Å²) in [5.41, 5.74) is -3.67. The predicted octanol–water partition coefficient (Wildman–Crippen LogP) is 3.68. The van der Waals surface area contributed by atoms with Gasteiger partial charge in [0.25, 0.3) is 11.2 Å². The zero-order valence-electron chi connectivity index (χ0n) is 14.7. The minimum atomic E-state index is -4.98. The number of hydrogen-bond acceptors (Lipinski definition) is 4. The highest BCUT2D eigenvalue weighted by molar-refractivity contribution is 6.31. The second-order valence-corrected chi connectivity index (χ2v) is 7.18. The van der Waals surface area contributed by atoms with Crippen LogP contribution in [0, 0.1) is 17.8 Å². The quantitative estimate of drug-likeness (QED) is 0.748. The average Bonchev–Trinajstić information content (AvgIpc) is 3.46. The van der Waals surface area contributed by atoms with Gasteiger partial charge in [-0.15, -0.1) is 0 Å². The zero-order chi connectivity index (χ0) is 20.8. The second kappa shape index (κ2) is 6.81. The second-order valence-electron chi connectivity index (χ2n) is 6.77. The Morgan fingerprint density at radius 3 is 2.76 bits per heavy atom. The third-order valence-electron chi connectivity index (χ3n) is 4.61. The van der Waals surface area contributed by atoms with Crippen molar-refractivity contribution in [3.63, 3.8) is 0 Å². The molecule has 2 aromatic rings. The molecule has 150 valence electrons. The Labute approximate surface area is 167 Å². The first kappa shape index (κ1) is 19.3. The Hall–Kier alpha value is -2.99. The zero-order valence-corrected chi connectivity index (χ0v) is 15.5. The molecule has 1 aromatic carbocycles. The molecule has 0 saturated heterocycles. The minimum absolute atomic E-state index is 0.0268. The monoisotopic (exact) mass is 423 g/mol. The number of nitrogens with zero attached hydrogens (tertiary/aromatic N) is 2. The molecule has 10 heteroatoms. The molecule has 1 aliphatic carbocycles. The minimum Gasteiger partial charge on any atom is -0.415 e. The van der Waals surface area contributed by atoms with Gasteiger partial charge in [-0.05, 0) is 36.5 Å². The summed E-state index contributed by atoms with van der Waals surface area (Å²) in [7, 11) is 0. The lowest BCUT2D eigenvalue weighted by atomic mass is 9.89. The van der Waals surface area contributed by atoms with Crippen molar-refractivity contribution < 1.29 is 22.7 Å². The van der Waals surface area contributed by atoms with Crippen LogP contribution in [0.4, 0.5) is 23.7 Å². The van der Waals surface area contributed by atoms with Crippen molar-refractivity contribution in [3.8, 4) is 11.8 Å². The van der Waals surface area contributed by atoms with Gasteiger partial charge >= 0.3 is 12.3 Å². The van der Waals surface area contributed by atoms with Crippen LogP contribution in [0.5, 0.6) is 0 Å². The maximum Gasteiger partial charge on any atom is 0.445 e. The lowest BCUT2D eigenvalue weighted by Crippen LogP contribution is -2.49. The summed E-state index contributed by atoms with van der Waals surface area (Å²) in [5.74, 6) is 4.55. The lowest BCUT2D eigenvalue weighted by Gasteiger charge is -2.36. The molecule has 1 aromatic heterocycles. The fourth-order valence-electron chi connectivity index (χ4n) is 2.95. The number of carbonyl (C=O) groups excluding carboxylic acids is 1. The van der Waals surface area contributed by atoms with Gasteiger partial charge in [0.1, 0.15) is 0 Å². The molecule has 0 unspecified atom stereocenters. The molecule has 4 rings (SSSR count). The highest BCUT2D eigenvalue weighted by Gasteiger charge is 2.62. The maximum atomic E-state index is 14.0. The van der Waals surface area contributed by atoms with Gasteiger partial charge in [-0.25, -0.2) is 9.78 Å². The molecule has 1 saturated carbocycles. The third-order valence-corrected chi connectivity index (χ3v) is 4.96. The van der Waals surface area contributed by atoms with E-state index in [2.05, 4.69) is 22.1 Å². The molecule has 0 bridgehead atoms. The normalized spacial score (nSPS) is 20.8. The van der Waals surface area contributed by atoms with Crippen molar-refractivity contribution in [1.82, 2.24) is 9.55 Å². The summed E-state index contributed by atoms with van der Waals surface area (Å²) in [6.45, 7) is -0.0394. The third kappa shape index (κ3) is 3.56. The van der Waals surface area contributed by atoms with Crippen molar-refractivity contribution in [2.45, 2.75) is 31.2 Å². The lowest BCUT2D eigenvalue weighted by molar-refractivity contribution is -0.239. The Bertz CT molecular complexity index is 1120. The highest BCUT2D eigenvalue weighted by atomic mass is 35.5. The van der Waals surface area contributed by atoms with E-state index in [1.54, 1.807) is 0 Å². The molecular formula is C19H13ClF3N3O3. The summed E-state index contributed by atoms with van der Waals surface area (Å²) in [4.78, 5) is 27.7. The number of alkyl halides is 3. The van der Waals surface area contributed by atoms with E-state index in [4.69, 9.17) is 16.3 Å². The van der Waals surface area contributed by atoms with E-state index in [9.17, 15) is 22.8 Å². The Morgan fingerprint density at radius 2 is 2.10 bits per heavy atom. The van der Waals surface area contributed by atoms with Crippen LogP contribution >= 0.6 is 11.6 Å². The molecule has 29 heavy (non-hydrogen) atoms. The molecule has 2 aliphatic rings. The topological polar surface area (TPSA) is 73.2 Å². The number of anilines is 1. The fraction of sp³-hybridized carbons (Fsp3) is 0.316. The van der Waals surface area contributed by atoms with Gasteiger partial charge in [-0.3, -0.25) is 14.7 Å². The van der Waals surface area contributed by atoms with Crippen LogP contribution in [0.3, 0.4) is 0 Å². The van der Waals surface area contributed by atoms with Crippen LogP contribution < -0.4 is 10.9 Å². The Balaban J connectivity index is 1.84. The first-order chi connectivity index (χ1) is 13.7. The van der Waals surface area contributed by atoms with E-state index in [1.807, 2.05) is 0 Å². The molecule has 6 nitrogen and oxygen atoms in total. The van der Waals surface area contributed by atoms with Crippen LogP contribution in [-0.2, 0) is 16.9 Å². The Morgan fingerprint density at radius 1 is 1.34 bits per heavy atom. The first-order valence-electron chi connectivity index (χ1n) is 8.62. The molecule has 2 heterocycles. The van der Waals surface area contributed by atoms with Crippen molar-refractivity contribution in [1.29, 1.82) is 0 Å². The van der Waals surface area contributed by atoms with Crippen LogP contribution in [0.2, 0.25) is 5.02 Å². The van der Waals surface area contributed by atoms with E-state index >= 15 is 0 Å². The molecule has 0 radical (unpaired) electrons. The number of carbonyl (C=O) groups is 1. The number of nitrogens with one attached hydrogen (secondary N) is 1. The van der Waals surface area contributed by atoms with Gasteiger partial charge in [-0.1, -0.05) is 17.5 Å². The van der Waals surface area contributed by atoms with Crippen molar-refractivity contribution in [2.24, 2.45) is 5.92 Å². The summed E-state index contributed by atoms with van der Waals surface area (Å²) in [6.07, 6.45) is -2.24. The molecule has 1 aliphatic heterocycles. The highest BCUT2D eigenvalue weighted by Crippen LogP contribution is 2.48. The van der Waals surface area contributed by atoms with Crippen molar-refractivity contribution in [2.75, 3.05) is 5.32 Å². The number of rotatable bonds is 2. The van der Waals surface area contributed by atoms with Crippen molar-refractivity contribution >= 4 is 23.4 Å². The number of cyclic esters (lactones) is 1. The van der Waals surface area contributed by atoms with Gasteiger partial charge in [0.05, 0.1) is 18.6 Å². The van der Waals surface area contributed by atoms with Gasteiger partial charge in [0.15, 0.2) is 0 Å². The van der Waals surface area contributed by atoms with E-state index in [0.29, 0.717) is 18.4 Å². The number of benzene rings is 1. The molecule has 0 spiro atoms. The van der Waals surface area contributed by atoms with Crippen molar-refractivity contribution in [3.05, 3.63) is 57.2 Å². The van der Waals surface area contributed by atoms with Crippen LogP contribution in [-0.4, -0.2) is 21.8 Å². The summed E-state index contributed by atoms with van der Waals surface area (Å²) >= 11 is 6.23. The molecule has 1 fully saturated rings. The van der Waals surface area contributed by atoms with Gasteiger partial charge < -0.3 is 4.74 Å². The van der Waals surface area contributed by atoms with Crippen LogP contribution in [0.15, 0.2) is 35.5 Å². The largest absolute Gasteiger partial charge is 0.445 e. The maximum absolute atomic E-state index is 14.0. The molecule has 1 amide bonds. The number of fused-ring (bicyclic) bond motifs is 1. The van der Waals surface area contributed by atoms with Gasteiger partial charge in [0.2, 0.25) is 0 Å². The van der Waals surface area contributed by atoms with E-state index < -0.39 is 23.4 Å². The smallest absolute Gasteiger partial charge is 0.415 e. The number of hydrogen-bond donors (Lipinski definition) is 1.